The largest absolute Gasteiger partial charge is 0.458 e. The average Bonchev–Trinajstić information content (AvgIpc) is 3.26. The van der Waals surface area contributed by atoms with Gasteiger partial charge in [0.1, 0.15) is 11.1 Å². The number of fused-ring (bicyclic) bond motifs is 1. The van der Waals surface area contributed by atoms with Crippen molar-refractivity contribution in [3.63, 3.8) is 0 Å². The molecule has 4 rings (SSSR count). The Kier molecular flexibility index (Phi) is 6.28. The summed E-state index contributed by atoms with van der Waals surface area (Å²) in [7, 11) is 0. The lowest BCUT2D eigenvalue weighted by Crippen LogP contribution is -2.52. The Morgan fingerprint density at radius 3 is 2.62 bits per heavy atom. The molecule has 1 heterocycles. The maximum absolute atomic E-state index is 13.0. The van der Waals surface area contributed by atoms with Crippen LogP contribution in [0.3, 0.4) is 0 Å². The van der Waals surface area contributed by atoms with Crippen molar-refractivity contribution in [2.75, 3.05) is 6.54 Å². The summed E-state index contributed by atoms with van der Waals surface area (Å²) in [6.07, 6.45) is 1.99. The molecule has 0 bridgehead atoms. The first-order chi connectivity index (χ1) is 15.2. The van der Waals surface area contributed by atoms with Gasteiger partial charge in [-0.25, -0.2) is 4.79 Å². The van der Waals surface area contributed by atoms with E-state index in [1.807, 2.05) is 45.9 Å². The van der Waals surface area contributed by atoms with Crippen molar-refractivity contribution in [3.8, 4) is 0 Å². The van der Waals surface area contributed by atoms with Crippen LogP contribution in [-0.4, -0.2) is 41.7 Å². The highest BCUT2D eigenvalue weighted by Crippen LogP contribution is 2.47. The molecule has 2 N–H and O–H groups in total. The summed E-state index contributed by atoms with van der Waals surface area (Å²) < 4.78 is 11.8. The summed E-state index contributed by atoms with van der Waals surface area (Å²) in [6, 6.07) is 14.1. The van der Waals surface area contributed by atoms with E-state index < -0.39 is 11.1 Å². The fourth-order valence-electron chi connectivity index (χ4n) is 4.61. The van der Waals surface area contributed by atoms with Crippen LogP contribution < -0.4 is 10.6 Å². The molecule has 6 nitrogen and oxygen atoms in total. The fraction of sp³-hybridized carbons (Fsp3) is 0.538. The van der Waals surface area contributed by atoms with E-state index in [1.165, 1.54) is 10.8 Å². The third-order valence-electron chi connectivity index (χ3n) is 6.47. The standard InChI is InChI=1S/C26H34N2O4/c1-5-19-14-26(19,24(30)32-25(2,3)4)28-23(29)22-13-20(15-27-22)31-16-18-11-8-10-17-9-6-7-12-21(17)18/h6-12,19-20,22,27H,5,13-16H2,1-4H3,(H,28,29)/t19?,20-,22?,26-/m1/s1. The normalized spacial score (nSPS) is 27.3. The molecule has 172 valence electrons. The molecule has 2 unspecified atom stereocenters. The molecule has 1 saturated heterocycles. The van der Waals surface area contributed by atoms with E-state index >= 15 is 0 Å². The van der Waals surface area contributed by atoms with Crippen LogP contribution in [-0.2, 0) is 25.7 Å². The first-order valence-electron chi connectivity index (χ1n) is 11.6. The van der Waals surface area contributed by atoms with Gasteiger partial charge in [-0.05, 0) is 55.9 Å². The molecule has 1 amide bonds. The van der Waals surface area contributed by atoms with Crippen molar-refractivity contribution in [3.05, 3.63) is 48.0 Å². The van der Waals surface area contributed by atoms with Gasteiger partial charge in [-0.15, -0.1) is 0 Å². The summed E-state index contributed by atoms with van der Waals surface area (Å²) in [4.78, 5) is 25.8. The van der Waals surface area contributed by atoms with E-state index in [0.717, 1.165) is 12.0 Å². The first-order valence-corrected chi connectivity index (χ1v) is 11.6. The molecular formula is C26H34N2O4. The van der Waals surface area contributed by atoms with Crippen LogP contribution in [0, 0.1) is 5.92 Å². The molecule has 0 spiro atoms. The monoisotopic (exact) mass is 438 g/mol. The number of ether oxygens (including phenoxy) is 2. The summed E-state index contributed by atoms with van der Waals surface area (Å²) in [6.45, 7) is 8.69. The van der Waals surface area contributed by atoms with Crippen molar-refractivity contribution in [2.24, 2.45) is 5.92 Å². The minimum absolute atomic E-state index is 0.0524. The second-order valence-electron chi connectivity index (χ2n) is 10.0. The predicted octanol–water partition coefficient (Wildman–Crippen LogP) is 3.71. The topological polar surface area (TPSA) is 76.7 Å². The highest BCUT2D eigenvalue weighted by molar-refractivity contribution is 5.93. The molecule has 1 aliphatic heterocycles. The third-order valence-corrected chi connectivity index (χ3v) is 6.47. The zero-order valence-electron chi connectivity index (χ0n) is 19.4. The molecule has 4 atom stereocenters. The van der Waals surface area contributed by atoms with Gasteiger partial charge in [-0.1, -0.05) is 55.8 Å². The van der Waals surface area contributed by atoms with Crippen LogP contribution in [0.5, 0.6) is 0 Å². The quantitative estimate of drug-likeness (QED) is 0.645. The Bertz CT molecular complexity index is 993. The molecule has 2 fully saturated rings. The highest BCUT2D eigenvalue weighted by Gasteiger charge is 2.62. The Labute approximate surface area is 190 Å². The smallest absolute Gasteiger partial charge is 0.332 e. The van der Waals surface area contributed by atoms with Gasteiger partial charge < -0.3 is 20.1 Å². The minimum atomic E-state index is -0.886. The van der Waals surface area contributed by atoms with E-state index in [9.17, 15) is 9.59 Å². The number of hydrogen-bond donors (Lipinski definition) is 2. The number of nitrogens with one attached hydrogen (secondary N) is 2. The summed E-state index contributed by atoms with van der Waals surface area (Å²) in [5.41, 5.74) is -0.325. The van der Waals surface area contributed by atoms with Gasteiger partial charge in [0, 0.05) is 6.54 Å². The Morgan fingerprint density at radius 1 is 1.16 bits per heavy atom. The maximum Gasteiger partial charge on any atom is 0.332 e. The third kappa shape index (κ3) is 4.81. The maximum atomic E-state index is 13.0. The minimum Gasteiger partial charge on any atom is -0.458 e. The highest BCUT2D eigenvalue weighted by atomic mass is 16.6. The van der Waals surface area contributed by atoms with E-state index in [4.69, 9.17) is 9.47 Å². The van der Waals surface area contributed by atoms with E-state index in [2.05, 4.69) is 34.9 Å². The summed E-state index contributed by atoms with van der Waals surface area (Å²) >= 11 is 0. The number of hydrogen-bond acceptors (Lipinski definition) is 5. The molecule has 6 heteroatoms. The van der Waals surface area contributed by atoms with Gasteiger partial charge in [-0.3, -0.25) is 4.79 Å². The van der Waals surface area contributed by atoms with Crippen molar-refractivity contribution < 1.29 is 19.1 Å². The van der Waals surface area contributed by atoms with E-state index in [-0.39, 0.29) is 29.9 Å². The lowest BCUT2D eigenvalue weighted by molar-refractivity contribution is -0.160. The van der Waals surface area contributed by atoms with Gasteiger partial charge in [0.05, 0.1) is 18.8 Å². The Hall–Kier alpha value is -2.44. The molecule has 1 aliphatic carbocycles. The molecule has 32 heavy (non-hydrogen) atoms. The van der Waals surface area contributed by atoms with Crippen LogP contribution in [0.4, 0.5) is 0 Å². The number of rotatable bonds is 7. The zero-order valence-corrected chi connectivity index (χ0v) is 19.4. The van der Waals surface area contributed by atoms with Crippen LogP contribution in [0.2, 0.25) is 0 Å². The molecule has 0 aromatic heterocycles. The average molecular weight is 439 g/mol. The van der Waals surface area contributed by atoms with Gasteiger partial charge in [-0.2, -0.15) is 0 Å². The van der Waals surface area contributed by atoms with Crippen molar-refractivity contribution in [1.29, 1.82) is 0 Å². The molecule has 2 aromatic carbocycles. The summed E-state index contributed by atoms with van der Waals surface area (Å²) in [5.74, 6) is -0.351. The van der Waals surface area contributed by atoms with Crippen molar-refractivity contribution in [1.82, 2.24) is 10.6 Å². The second-order valence-corrected chi connectivity index (χ2v) is 10.0. The van der Waals surface area contributed by atoms with Crippen LogP contribution in [0.1, 0.15) is 52.5 Å². The number of carbonyl (C=O) groups is 2. The zero-order chi connectivity index (χ0) is 22.9. The summed E-state index contributed by atoms with van der Waals surface area (Å²) in [5, 5.41) is 8.66. The molecule has 0 radical (unpaired) electrons. The number of amides is 1. The van der Waals surface area contributed by atoms with Crippen LogP contribution >= 0.6 is 0 Å². The van der Waals surface area contributed by atoms with Crippen molar-refractivity contribution in [2.45, 2.75) is 76.9 Å². The number of benzene rings is 2. The number of esters is 1. The van der Waals surface area contributed by atoms with Crippen LogP contribution in [0.15, 0.2) is 42.5 Å². The number of carbonyl (C=O) groups excluding carboxylic acids is 2. The van der Waals surface area contributed by atoms with Gasteiger partial charge in [0.15, 0.2) is 0 Å². The Morgan fingerprint density at radius 2 is 1.91 bits per heavy atom. The SMILES string of the molecule is CCC1C[C@]1(NC(=O)C1C[C@@H](OCc2cccc3ccccc23)CN1)C(=O)OC(C)(C)C. The van der Waals surface area contributed by atoms with Crippen LogP contribution in [0.25, 0.3) is 10.8 Å². The molecular weight excluding hydrogens is 404 g/mol. The molecule has 2 aromatic rings. The van der Waals surface area contributed by atoms with Crippen molar-refractivity contribution >= 4 is 22.6 Å². The Balaban J connectivity index is 1.34. The molecule has 2 aliphatic rings. The fourth-order valence-corrected chi connectivity index (χ4v) is 4.61. The second kappa shape index (κ2) is 8.83. The van der Waals surface area contributed by atoms with E-state index in [1.54, 1.807) is 0 Å². The lowest BCUT2D eigenvalue weighted by atomic mass is 10.1. The van der Waals surface area contributed by atoms with Gasteiger partial charge in [0.25, 0.3) is 0 Å². The van der Waals surface area contributed by atoms with E-state index in [0.29, 0.717) is 26.0 Å². The van der Waals surface area contributed by atoms with Gasteiger partial charge >= 0.3 is 5.97 Å². The predicted molar refractivity (Wildman–Crippen MR) is 124 cm³/mol. The van der Waals surface area contributed by atoms with Gasteiger partial charge in [0.2, 0.25) is 5.91 Å². The lowest BCUT2D eigenvalue weighted by Gasteiger charge is -2.26. The first kappa shape index (κ1) is 22.7. The molecule has 1 saturated carbocycles.